The van der Waals surface area contributed by atoms with Gasteiger partial charge in [-0.05, 0) is 42.8 Å². The first-order chi connectivity index (χ1) is 14.0. The van der Waals surface area contributed by atoms with E-state index >= 15 is 0 Å². The van der Waals surface area contributed by atoms with Crippen molar-refractivity contribution in [1.29, 1.82) is 5.26 Å². The number of ether oxygens (including phenoxy) is 3. The third kappa shape index (κ3) is 4.50. The van der Waals surface area contributed by atoms with Crippen molar-refractivity contribution < 1.29 is 23.8 Å². The van der Waals surface area contributed by atoms with Gasteiger partial charge < -0.3 is 14.2 Å². The van der Waals surface area contributed by atoms with Gasteiger partial charge in [-0.25, -0.2) is 14.6 Å². The molecule has 0 aliphatic carbocycles. The molecular weight excluding hydrogens is 372 g/mol. The Morgan fingerprint density at radius 2 is 1.83 bits per heavy atom. The fourth-order valence-corrected chi connectivity index (χ4v) is 2.88. The van der Waals surface area contributed by atoms with Crippen LogP contribution >= 0.6 is 0 Å². The SMILES string of the molecule is COC(=O)c1c(COC(=O)COc2ccc(C#N)cc2)nc2ccccc2c1C. The van der Waals surface area contributed by atoms with Crippen LogP contribution < -0.4 is 4.74 Å². The van der Waals surface area contributed by atoms with E-state index in [4.69, 9.17) is 19.5 Å². The van der Waals surface area contributed by atoms with Gasteiger partial charge in [-0.2, -0.15) is 5.26 Å². The Bertz CT molecular complexity index is 1100. The molecule has 0 radical (unpaired) electrons. The molecule has 3 rings (SSSR count). The number of pyridine rings is 1. The summed E-state index contributed by atoms with van der Waals surface area (Å²) in [6.45, 7) is 1.30. The molecule has 1 heterocycles. The van der Waals surface area contributed by atoms with E-state index in [1.54, 1.807) is 31.2 Å². The summed E-state index contributed by atoms with van der Waals surface area (Å²) in [5.74, 6) is -0.714. The van der Waals surface area contributed by atoms with Gasteiger partial charge in [-0.15, -0.1) is 0 Å². The Kier molecular flexibility index (Phi) is 6.05. The first-order valence-corrected chi connectivity index (χ1v) is 8.78. The van der Waals surface area contributed by atoms with E-state index in [9.17, 15) is 9.59 Å². The minimum absolute atomic E-state index is 0.189. The molecule has 0 bridgehead atoms. The van der Waals surface area contributed by atoms with E-state index in [2.05, 4.69) is 4.98 Å². The predicted molar refractivity (Wildman–Crippen MR) is 104 cm³/mol. The van der Waals surface area contributed by atoms with Gasteiger partial charge in [0.1, 0.15) is 12.4 Å². The quantitative estimate of drug-likeness (QED) is 0.595. The lowest BCUT2D eigenvalue weighted by Crippen LogP contribution is -2.17. The van der Waals surface area contributed by atoms with E-state index in [1.165, 1.54) is 7.11 Å². The molecule has 0 aliphatic heterocycles. The number of nitrogens with zero attached hydrogens (tertiary/aromatic N) is 2. The lowest BCUT2D eigenvalue weighted by Gasteiger charge is -2.13. The summed E-state index contributed by atoms with van der Waals surface area (Å²) in [5.41, 5.74) is 2.50. The van der Waals surface area contributed by atoms with Gasteiger partial charge >= 0.3 is 11.9 Å². The molecule has 0 amide bonds. The van der Waals surface area contributed by atoms with Crippen LogP contribution in [0, 0.1) is 18.3 Å². The minimum atomic E-state index is -0.613. The van der Waals surface area contributed by atoms with Gasteiger partial charge in [0.25, 0.3) is 0 Å². The number of aryl methyl sites for hydroxylation is 1. The highest BCUT2D eigenvalue weighted by molar-refractivity contribution is 5.98. The van der Waals surface area contributed by atoms with Crippen molar-refractivity contribution >= 4 is 22.8 Å². The first-order valence-electron chi connectivity index (χ1n) is 8.78. The highest BCUT2D eigenvalue weighted by Crippen LogP contribution is 2.24. The molecule has 7 nitrogen and oxygen atoms in total. The maximum absolute atomic E-state index is 12.3. The Morgan fingerprint density at radius 1 is 1.10 bits per heavy atom. The number of hydrogen-bond donors (Lipinski definition) is 0. The number of carbonyl (C=O) groups is 2. The molecule has 0 spiro atoms. The molecule has 0 aliphatic rings. The molecule has 7 heteroatoms. The average molecular weight is 390 g/mol. The molecular formula is C22H18N2O5. The minimum Gasteiger partial charge on any atom is -0.482 e. The van der Waals surface area contributed by atoms with Crippen LogP contribution in [-0.2, 0) is 20.9 Å². The van der Waals surface area contributed by atoms with E-state index in [-0.39, 0.29) is 18.8 Å². The maximum Gasteiger partial charge on any atom is 0.344 e. The van der Waals surface area contributed by atoms with Gasteiger partial charge in [0.05, 0.1) is 35.5 Å². The number of rotatable bonds is 6. The summed E-state index contributed by atoms with van der Waals surface area (Å²) in [4.78, 5) is 28.8. The van der Waals surface area contributed by atoms with Gasteiger partial charge in [0, 0.05) is 5.39 Å². The summed E-state index contributed by atoms with van der Waals surface area (Å²) in [6.07, 6.45) is 0. The Morgan fingerprint density at radius 3 is 2.52 bits per heavy atom. The van der Waals surface area contributed by atoms with Crippen molar-refractivity contribution in [3.63, 3.8) is 0 Å². The molecule has 0 unspecified atom stereocenters. The van der Waals surface area contributed by atoms with Crippen LogP contribution in [0.15, 0.2) is 48.5 Å². The van der Waals surface area contributed by atoms with Gasteiger partial charge in [-0.1, -0.05) is 18.2 Å². The largest absolute Gasteiger partial charge is 0.482 e. The number of carbonyl (C=O) groups excluding carboxylic acids is 2. The second-order valence-corrected chi connectivity index (χ2v) is 6.15. The Labute approximate surface area is 167 Å². The zero-order valence-corrected chi connectivity index (χ0v) is 16.0. The molecule has 0 N–H and O–H groups in total. The van der Waals surface area contributed by atoms with E-state index in [1.807, 2.05) is 30.3 Å². The van der Waals surface area contributed by atoms with Crippen LogP contribution in [0.4, 0.5) is 0 Å². The third-order valence-corrected chi connectivity index (χ3v) is 4.33. The average Bonchev–Trinajstić information content (AvgIpc) is 2.76. The van der Waals surface area contributed by atoms with Crippen molar-refractivity contribution in [2.24, 2.45) is 0 Å². The summed E-state index contributed by atoms with van der Waals surface area (Å²) in [6, 6.07) is 15.8. The van der Waals surface area contributed by atoms with E-state index in [0.29, 0.717) is 28.1 Å². The fourth-order valence-electron chi connectivity index (χ4n) is 2.88. The normalized spacial score (nSPS) is 10.2. The zero-order valence-electron chi connectivity index (χ0n) is 16.0. The summed E-state index contributed by atoms with van der Waals surface area (Å²) < 4.78 is 15.5. The lowest BCUT2D eigenvalue weighted by molar-refractivity contribution is -0.147. The summed E-state index contributed by atoms with van der Waals surface area (Å²) in [7, 11) is 1.29. The Balaban J connectivity index is 1.72. The first kappa shape index (κ1) is 19.8. The number of benzene rings is 2. The van der Waals surface area contributed by atoms with Crippen LogP contribution in [0.25, 0.3) is 10.9 Å². The number of nitriles is 1. The zero-order chi connectivity index (χ0) is 20.8. The molecule has 146 valence electrons. The molecule has 1 aromatic heterocycles. The predicted octanol–water partition coefficient (Wildman–Crippen LogP) is 3.32. The van der Waals surface area contributed by atoms with Crippen LogP contribution in [0.1, 0.15) is 27.2 Å². The molecule has 3 aromatic rings. The molecule has 0 atom stereocenters. The third-order valence-electron chi connectivity index (χ3n) is 4.33. The van der Waals surface area contributed by atoms with Crippen molar-refractivity contribution in [2.75, 3.05) is 13.7 Å². The number of esters is 2. The second kappa shape index (κ2) is 8.85. The van der Waals surface area contributed by atoms with E-state index < -0.39 is 11.9 Å². The molecule has 0 saturated carbocycles. The number of para-hydroxylation sites is 1. The van der Waals surface area contributed by atoms with Gasteiger partial charge in [0.2, 0.25) is 0 Å². The molecule has 2 aromatic carbocycles. The monoisotopic (exact) mass is 390 g/mol. The fraction of sp³-hybridized carbons (Fsp3) is 0.182. The maximum atomic E-state index is 12.3. The lowest BCUT2D eigenvalue weighted by atomic mass is 10.0. The number of aromatic nitrogens is 1. The van der Waals surface area contributed by atoms with Crippen LogP contribution in [0.5, 0.6) is 5.75 Å². The van der Waals surface area contributed by atoms with Crippen LogP contribution in [0.3, 0.4) is 0 Å². The van der Waals surface area contributed by atoms with Crippen LogP contribution in [-0.4, -0.2) is 30.6 Å². The molecule has 0 fully saturated rings. The van der Waals surface area contributed by atoms with Gasteiger partial charge in [-0.3, -0.25) is 0 Å². The summed E-state index contributed by atoms with van der Waals surface area (Å²) >= 11 is 0. The standard InChI is InChI=1S/C22H18N2O5/c1-14-17-5-3-4-6-18(17)24-19(21(14)22(26)27-2)12-29-20(25)13-28-16-9-7-15(11-23)8-10-16/h3-10H,12-13H2,1-2H3. The topological polar surface area (TPSA) is 98.5 Å². The highest BCUT2D eigenvalue weighted by atomic mass is 16.6. The number of fused-ring (bicyclic) bond motifs is 1. The van der Waals surface area contributed by atoms with Crippen LogP contribution in [0.2, 0.25) is 0 Å². The second-order valence-electron chi connectivity index (χ2n) is 6.15. The van der Waals surface area contributed by atoms with Crippen molar-refractivity contribution in [1.82, 2.24) is 4.98 Å². The molecule has 29 heavy (non-hydrogen) atoms. The number of methoxy groups -OCH3 is 1. The van der Waals surface area contributed by atoms with Gasteiger partial charge in [0.15, 0.2) is 6.61 Å². The van der Waals surface area contributed by atoms with Crippen molar-refractivity contribution in [3.05, 3.63) is 70.9 Å². The van der Waals surface area contributed by atoms with Crippen molar-refractivity contribution in [3.8, 4) is 11.8 Å². The smallest absolute Gasteiger partial charge is 0.344 e. The number of hydrogen-bond acceptors (Lipinski definition) is 7. The van der Waals surface area contributed by atoms with E-state index in [0.717, 1.165) is 5.39 Å². The Hall–Kier alpha value is -3.92. The highest BCUT2D eigenvalue weighted by Gasteiger charge is 2.20. The van der Waals surface area contributed by atoms with Crippen molar-refractivity contribution in [2.45, 2.75) is 13.5 Å². The molecule has 0 saturated heterocycles. The summed E-state index contributed by atoms with van der Waals surface area (Å²) in [5, 5.41) is 9.61.